The zero-order valence-electron chi connectivity index (χ0n) is 12.6. The van der Waals surface area contributed by atoms with E-state index < -0.39 is 0 Å². The maximum atomic E-state index is 5.84. The lowest BCUT2D eigenvalue weighted by Gasteiger charge is -2.29. The predicted octanol–water partition coefficient (Wildman–Crippen LogP) is 0.807. The summed E-state index contributed by atoms with van der Waals surface area (Å²) in [7, 11) is 0. The number of benzene rings is 1. The number of nitrogens with zero attached hydrogens (tertiary/aromatic N) is 2. The van der Waals surface area contributed by atoms with Crippen LogP contribution in [-0.4, -0.2) is 70.5 Å². The molecular weight excluding hydrogens is 266 g/mol. The Kier molecular flexibility index (Phi) is 5.32. The van der Waals surface area contributed by atoms with Crippen molar-refractivity contribution >= 4 is 5.69 Å². The minimum absolute atomic E-state index is 0.743. The van der Waals surface area contributed by atoms with Crippen molar-refractivity contribution in [1.82, 2.24) is 10.2 Å². The van der Waals surface area contributed by atoms with E-state index in [-0.39, 0.29) is 0 Å². The maximum Gasteiger partial charge on any atom is 0.119 e. The Morgan fingerprint density at radius 2 is 1.71 bits per heavy atom. The predicted molar refractivity (Wildman–Crippen MR) is 84.3 cm³/mol. The van der Waals surface area contributed by atoms with E-state index >= 15 is 0 Å². The summed E-state index contributed by atoms with van der Waals surface area (Å²) in [5.41, 5.74) is 1.29. The summed E-state index contributed by atoms with van der Waals surface area (Å²) in [5.74, 6) is 0.960. The van der Waals surface area contributed by atoms with Gasteiger partial charge < -0.3 is 19.7 Å². The molecule has 3 rings (SSSR count). The molecule has 5 nitrogen and oxygen atoms in total. The van der Waals surface area contributed by atoms with Crippen LogP contribution in [0.2, 0.25) is 0 Å². The summed E-state index contributed by atoms with van der Waals surface area (Å²) < 4.78 is 11.2. The summed E-state index contributed by atoms with van der Waals surface area (Å²) in [6.45, 7) is 9.75. The molecule has 0 atom stereocenters. The van der Waals surface area contributed by atoms with E-state index in [0.717, 1.165) is 71.4 Å². The lowest BCUT2D eigenvalue weighted by molar-refractivity contribution is 0.0322. The second kappa shape index (κ2) is 7.64. The lowest BCUT2D eigenvalue weighted by Crippen LogP contribution is -2.43. The minimum atomic E-state index is 0.743. The van der Waals surface area contributed by atoms with E-state index in [4.69, 9.17) is 9.47 Å². The molecule has 0 saturated carbocycles. The molecule has 2 aliphatic rings. The Morgan fingerprint density at radius 3 is 2.43 bits per heavy atom. The van der Waals surface area contributed by atoms with Crippen molar-refractivity contribution in [3.05, 3.63) is 24.3 Å². The molecule has 2 aliphatic heterocycles. The quantitative estimate of drug-likeness (QED) is 0.869. The number of rotatable bonds is 5. The van der Waals surface area contributed by atoms with Crippen LogP contribution in [0.1, 0.15) is 0 Å². The summed E-state index contributed by atoms with van der Waals surface area (Å²) in [5, 5.41) is 3.37. The van der Waals surface area contributed by atoms with Crippen LogP contribution in [0.15, 0.2) is 24.3 Å². The summed E-state index contributed by atoms with van der Waals surface area (Å²) in [4.78, 5) is 4.80. The standard InChI is InChI=1S/C16H25N3O2/c1-3-16(21-14-11-18-9-12-20-13-10-18)4-2-15(1)19-7-5-17-6-8-19/h1-4,17H,5-14H2. The number of nitrogens with one attached hydrogen (secondary N) is 1. The zero-order chi connectivity index (χ0) is 14.3. The first-order valence-electron chi connectivity index (χ1n) is 7.90. The summed E-state index contributed by atoms with van der Waals surface area (Å²) >= 11 is 0. The van der Waals surface area contributed by atoms with Crippen molar-refractivity contribution in [2.45, 2.75) is 0 Å². The van der Waals surface area contributed by atoms with Gasteiger partial charge in [0.05, 0.1) is 13.2 Å². The zero-order valence-corrected chi connectivity index (χ0v) is 12.6. The third-order valence-electron chi connectivity index (χ3n) is 4.10. The van der Waals surface area contributed by atoms with Crippen LogP contribution in [0.4, 0.5) is 5.69 Å². The number of hydrogen-bond donors (Lipinski definition) is 1. The fraction of sp³-hybridized carbons (Fsp3) is 0.625. The van der Waals surface area contributed by atoms with Gasteiger partial charge in [-0.15, -0.1) is 0 Å². The average Bonchev–Trinajstić information content (AvgIpc) is 2.57. The van der Waals surface area contributed by atoms with Gasteiger partial charge in [-0.25, -0.2) is 0 Å². The smallest absolute Gasteiger partial charge is 0.119 e. The highest BCUT2D eigenvalue weighted by Crippen LogP contribution is 2.19. The molecule has 0 aliphatic carbocycles. The van der Waals surface area contributed by atoms with E-state index in [0.29, 0.717) is 0 Å². The minimum Gasteiger partial charge on any atom is -0.492 e. The number of ether oxygens (including phenoxy) is 2. The van der Waals surface area contributed by atoms with Gasteiger partial charge in [-0.1, -0.05) is 0 Å². The van der Waals surface area contributed by atoms with E-state index in [9.17, 15) is 0 Å². The molecule has 0 radical (unpaired) electrons. The highest BCUT2D eigenvalue weighted by Gasteiger charge is 2.11. The van der Waals surface area contributed by atoms with Crippen LogP contribution >= 0.6 is 0 Å². The van der Waals surface area contributed by atoms with Gasteiger partial charge in [0.1, 0.15) is 12.4 Å². The molecule has 116 valence electrons. The van der Waals surface area contributed by atoms with Crippen LogP contribution in [0.3, 0.4) is 0 Å². The highest BCUT2D eigenvalue weighted by molar-refractivity contribution is 5.49. The molecule has 21 heavy (non-hydrogen) atoms. The Bertz CT molecular complexity index is 412. The summed E-state index contributed by atoms with van der Waals surface area (Å²) in [6, 6.07) is 8.48. The molecule has 1 aromatic carbocycles. The monoisotopic (exact) mass is 291 g/mol. The lowest BCUT2D eigenvalue weighted by atomic mass is 10.2. The molecule has 0 bridgehead atoms. The second-order valence-electron chi connectivity index (χ2n) is 5.53. The van der Waals surface area contributed by atoms with Crippen molar-refractivity contribution in [3.8, 4) is 5.75 Å². The molecule has 0 unspecified atom stereocenters. The SMILES string of the molecule is c1cc(N2CCNCC2)ccc1OCCN1CCOCC1. The Labute approximate surface area is 126 Å². The van der Waals surface area contributed by atoms with Crippen LogP contribution in [-0.2, 0) is 4.74 Å². The van der Waals surface area contributed by atoms with Gasteiger partial charge >= 0.3 is 0 Å². The van der Waals surface area contributed by atoms with E-state index in [1.807, 2.05) is 0 Å². The Hall–Kier alpha value is -1.30. The first kappa shape index (κ1) is 14.6. The molecule has 0 amide bonds. The third-order valence-corrected chi connectivity index (χ3v) is 4.10. The molecule has 2 fully saturated rings. The Morgan fingerprint density at radius 1 is 1.00 bits per heavy atom. The van der Waals surface area contributed by atoms with Crippen LogP contribution < -0.4 is 15.0 Å². The highest BCUT2D eigenvalue weighted by atomic mass is 16.5. The first-order valence-corrected chi connectivity index (χ1v) is 7.90. The molecule has 2 heterocycles. The molecule has 2 saturated heterocycles. The maximum absolute atomic E-state index is 5.84. The van der Waals surface area contributed by atoms with Gasteiger partial charge in [-0.3, -0.25) is 4.90 Å². The molecule has 1 aromatic rings. The van der Waals surface area contributed by atoms with Crippen LogP contribution in [0.25, 0.3) is 0 Å². The molecule has 5 heteroatoms. The van der Waals surface area contributed by atoms with E-state index in [1.54, 1.807) is 0 Å². The van der Waals surface area contributed by atoms with Crippen molar-refractivity contribution in [2.75, 3.05) is 70.5 Å². The number of morpholine rings is 1. The fourth-order valence-electron chi connectivity index (χ4n) is 2.79. The average molecular weight is 291 g/mol. The van der Waals surface area contributed by atoms with Crippen LogP contribution in [0.5, 0.6) is 5.75 Å². The normalized spacial score (nSPS) is 20.5. The topological polar surface area (TPSA) is 37.0 Å². The first-order chi connectivity index (χ1) is 10.4. The number of hydrogen-bond acceptors (Lipinski definition) is 5. The number of anilines is 1. The second-order valence-corrected chi connectivity index (χ2v) is 5.53. The van der Waals surface area contributed by atoms with Gasteiger partial charge in [0.25, 0.3) is 0 Å². The molecule has 1 N–H and O–H groups in total. The van der Waals surface area contributed by atoms with Gasteiger partial charge in [0.15, 0.2) is 0 Å². The van der Waals surface area contributed by atoms with Gasteiger partial charge in [-0.05, 0) is 24.3 Å². The molecule has 0 spiro atoms. The van der Waals surface area contributed by atoms with Gasteiger partial charge in [-0.2, -0.15) is 0 Å². The van der Waals surface area contributed by atoms with Crippen molar-refractivity contribution in [1.29, 1.82) is 0 Å². The number of piperazine rings is 1. The van der Waals surface area contributed by atoms with Crippen molar-refractivity contribution < 1.29 is 9.47 Å². The largest absolute Gasteiger partial charge is 0.492 e. The third kappa shape index (κ3) is 4.33. The van der Waals surface area contributed by atoms with Crippen molar-refractivity contribution in [2.24, 2.45) is 0 Å². The van der Waals surface area contributed by atoms with E-state index in [2.05, 4.69) is 39.4 Å². The Balaban J connectivity index is 1.43. The van der Waals surface area contributed by atoms with Crippen molar-refractivity contribution in [3.63, 3.8) is 0 Å². The fourth-order valence-corrected chi connectivity index (χ4v) is 2.79. The van der Waals surface area contributed by atoms with Crippen LogP contribution in [0, 0.1) is 0 Å². The summed E-state index contributed by atoms with van der Waals surface area (Å²) in [6.07, 6.45) is 0. The molecule has 0 aromatic heterocycles. The molecular formula is C16H25N3O2. The van der Waals surface area contributed by atoms with Gasteiger partial charge in [0.2, 0.25) is 0 Å². The van der Waals surface area contributed by atoms with E-state index in [1.165, 1.54) is 5.69 Å². The van der Waals surface area contributed by atoms with Gasteiger partial charge in [0, 0.05) is 51.5 Å².